The highest BCUT2D eigenvalue weighted by molar-refractivity contribution is 7.07. The summed E-state index contributed by atoms with van der Waals surface area (Å²) in [4.78, 5) is 18.8. The highest BCUT2D eigenvalue weighted by Gasteiger charge is 2.30. The van der Waals surface area contributed by atoms with E-state index >= 15 is 0 Å². The third-order valence-corrected chi connectivity index (χ3v) is 4.73. The zero-order valence-electron chi connectivity index (χ0n) is 12.0. The summed E-state index contributed by atoms with van der Waals surface area (Å²) in [6.07, 6.45) is 6.11. The van der Waals surface area contributed by atoms with E-state index in [4.69, 9.17) is 0 Å². The predicted molar refractivity (Wildman–Crippen MR) is 79.2 cm³/mol. The fourth-order valence-electron chi connectivity index (χ4n) is 3.03. The molecule has 0 saturated carbocycles. The number of nitrogens with zero attached hydrogens (tertiary/aromatic N) is 2. The summed E-state index contributed by atoms with van der Waals surface area (Å²) in [5, 5.41) is 2.04. The number of hydrogen-bond acceptors (Lipinski definition) is 3. The van der Waals surface area contributed by atoms with Gasteiger partial charge in [0, 0.05) is 24.4 Å². The molecule has 1 aromatic rings. The second kappa shape index (κ2) is 7.04. The third-order valence-electron chi connectivity index (χ3n) is 4.10. The molecule has 0 bridgehead atoms. The summed E-state index contributed by atoms with van der Waals surface area (Å²) >= 11 is 1.60. The highest BCUT2D eigenvalue weighted by atomic mass is 32.1. The van der Waals surface area contributed by atoms with E-state index in [9.17, 15) is 4.79 Å². The van der Waals surface area contributed by atoms with Gasteiger partial charge in [-0.1, -0.05) is 20.3 Å². The Bertz CT molecular complexity index is 391. The van der Waals surface area contributed by atoms with Crippen LogP contribution in [-0.2, 0) is 11.2 Å². The molecule has 19 heavy (non-hydrogen) atoms. The molecule has 0 unspecified atom stereocenters. The van der Waals surface area contributed by atoms with Gasteiger partial charge in [0.15, 0.2) is 0 Å². The van der Waals surface area contributed by atoms with Crippen LogP contribution in [0.2, 0.25) is 0 Å². The van der Waals surface area contributed by atoms with Crippen LogP contribution in [0.1, 0.15) is 51.6 Å². The summed E-state index contributed by atoms with van der Waals surface area (Å²) in [5.74, 6) is 0.968. The number of likely N-dealkylation sites (tertiary alicyclic amines) is 1. The molecule has 1 amide bonds. The quantitative estimate of drug-likeness (QED) is 0.827. The first-order chi connectivity index (χ1) is 9.22. The fourth-order valence-corrected chi connectivity index (χ4v) is 3.63. The molecule has 0 spiro atoms. The number of rotatable bonds is 5. The van der Waals surface area contributed by atoms with Crippen LogP contribution >= 0.6 is 11.3 Å². The minimum absolute atomic E-state index is 0.318. The number of thiazole rings is 1. The number of piperidine rings is 1. The predicted octanol–water partition coefficient (Wildman–Crippen LogP) is 3.50. The Kier molecular flexibility index (Phi) is 5.37. The zero-order valence-corrected chi connectivity index (χ0v) is 12.8. The fraction of sp³-hybridized carbons (Fsp3) is 0.733. The molecule has 0 radical (unpaired) electrons. The smallest absolute Gasteiger partial charge is 0.223 e. The molecule has 106 valence electrons. The summed E-state index contributed by atoms with van der Waals surface area (Å²) in [5.41, 5.74) is 2.89. The summed E-state index contributed by atoms with van der Waals surface area (Å²) in [7, 11) is 0. The molecule has 4 heteroatoms. The van der Waals surface area contributed by atoms with Gasteiger partial charge in [0.05, 0.1) is 11.2 Å². The largest absolute Gasteiger partial charge is 0.339 e. The Labute approximate surface area is 120 Å². The average Bonchev–Trinajstić information content (AvgIpc) is 2.92. The van der Waals surface area contributed by atoms with Crippen LogP contribution in [0.3, 0.4) is 0 Å². The zero-order chi connectivity index (χ0) is 13.7. The number of carbonyl (C=O) groups is 1. The maximum Gasteiger partial charge on any atom is 0.223 e. The molecular formula is C15H24N2OS. The van der Waals surface area contributed by atoms with Gasteiger partial charge in [0.2, 0.25) is 5.91 Å². The minimum atomic E-state index is 0.318. The van der Waals surface area contributed by atoms with Crippen molar-refractivity contribution in [3.8, 4) is 0 Å². The lowest BCUT2D eigenvalue weighted by Crippen LogP contribution is -2.47. The molecule has 1 fully saturated rings. The molecule has 1 aliphatic heterocycles. The Balaban J connectivity index is 1.91. The molecular weight excluding hydrogens is 256 g/mol. The third kappa shape index (κ3) is 3.78. The van der Waals surface area contributed by atoms with E-state index in [0.29, 0.717) is 24.3 Å². The van der Waals surface area contributed by atoms with Crippen LogP contribution in [-0.4, -0.2) is 28.4 Å². The molecule has 0 aliphatic carbocycles. The number of hydrogen-bond donors (Lipinski definition) is 0. The van der Waals surface area contributed by atoms with Gasteiger partial charge in [-0.25, -0.2) is 4.98 Å². The van der Waals surface area contributed by atoms with Gasteiger partial charge in [-0.3, -0.25) is 4.79 Å². The molecule has 2 heterocycles. The van der Waals surface area contributed by atoms with E-state index in [1.807, 2.05) is 10.9 Å². The second-order valence-electron chi connectivity index (χ2n) is 5.54. The van der Waals surface area contributed by atoms with E-state index in [-0.39, 0.29) is 0 Å². The van der Waals surface area contributed by atoms with Gasteiger partial charge < -0.3 is 4.90 Å². The first-order valence-electron chi connectivity index (χ1n) is 7.39. The van der Waals surface area contributed by atoms with Gasteiger partial charge in [-0.15, -0.1) is 11.3 Å². The summed E-state index contributed by atoms with van der Waals surface area (Å²) < 4.78 is 0. The second-order valence-corrected chi connectivity index (χ2v) is 6.26. The maximum absolute atomic E-state index is 12.4. The van der Waals surface area contributed by atoms with Crippen LogP contribution < -0.4 is 0 Å². The van der Waals surface area contributed by atoms with Crippen LogP contribution in [0.25, 0.3) is 0 Å². The number of aromatic nitrogens is 1. The molecule has 3 nitrogen and oxygen atoms in total. The Morgan fingerprint density at radius 3 is 3.11 bits per heavy atom. The molecule has 1 aliphatic rings. The van der Waals surface area contributed by atoms with Crippen molar-refractivity contribution in [2.45, 2.75) is 58.4 Å². The van der Waals surface area contributed by atoms with Crippen molar-refractivity contribution in [3.63, 3.8) is 0 Å². The van der Waals surface area contributed by atoms with Gasteiger partial charge in [-0.2, -0.15) is 0 Å². The highest BCUT2D eigenvalue weighted by Crippen LogP contribution is 2.27. The Hall–Kier alpha value is -0.900. The Morgan fingerprint density at radius 1 is 1.58 bits per heavy atom. The number of amides is 1. The van der Waals surface area contributed by atoms with Crippen molar-refractivity contribution in [1.29, 1.82) is 0 Å². The van der Waals surface area contributed by atoms with Gasteiger partial charge in [0.1, 0.15) is 0 Å². The molecule has 0 N–H and O–H groups in total. The molecule has 0 aromatic carbocycles. The Morgan fingerprint density at radius 2 is 2.42 bits per heavy atom. The number of aryl methyl sites for hydroxylation is 1. The lowest BCUT2D eigenvalue weighted by atomic mass is 9.87. The van der Waals surface area contributed by atoms with Gasteiger partial charge in [-0.05, 0) is 31.6 Å². The molecule has 1 aromatic heterocycles. The van der Waals surface area contributed by atoms with Gasteiger partial charge >= 0.3 is 0 Å². The first-order valence-corrected chi connectivity index (χ1v) is 8.33. The lowest BCUT2D eigenvalue weighted by molar-refractivity contribution is -0.136. The summed E-state index contributed by atoms with van der Waals surface area (Å²) in [6.45, 7) is 5.45. The monoisotopic (exact) mass is 280 g/mol. The van der Waals surface area contributed by atoms with Crippen molar-refractivity contribution in [1.82, 2.24) is 9.88 Å². The van der Waals surface area contributed by atoms with E-state index in [1.54, 1.807) is 11.3 Å². The average molecular weight is 280 g/mol. The van der Waals surface area contributed by atoms with Crippen molar-refractivity contribution >= 4 is 17.2 Å². The van der Waals surface area contributed by atoms with Crippen LogP contribution in [0, 0.1) is 5.92 Å². The summed E-state index contributed by atoms with van der Waals surface area (Å²) in [6, 6.07) is 0.460. The normalized spacial score (nSPS) is 23.6. The first kappa shape index (κ1) is 14.5. The number of carbonyl (C=O) groups excluding carboxylic acids is 1. The van der Waals surface area contributed by atoms with E-state index < -0.39 is 0 Å². The lowest BCUT2D eigenvalue weighted by Gasteiger charge is -2.40. The van der Waals surface area contributed by atoms with E-state index in [2.05, 4.69) is 23.7 Å². The van der Waals surface area contributed by atoms with Crippen LogP contribution in [0.15, 0.2) is 10.9 Å². The van der Waals surface area contributed by atoms with Gasteiger partial charge in [0.25, 0.3) is 0 Å². The van der Waals surface area contributed by atoms with Crippen LogP contribution in [0.5, 0.6) is 0 Å². The van der Waals surface area contributed by atoms with Crippen molar-refractivity contribution in [3.05, 3.63) is 16.6 Å². The van der Waals surface area contributed by atoms with E-state index in [1.165, 1.54) is 6.42 Å². The maximum atomic E-state index is 12.4. The van der Waals surface area contributed by atoms with Crippen molar-refractivity contribution in [2.75, 3.05) is 6.54 Å². The van der Waals surface area contributed by atoms with Crippen molar-refractivity contribution < 1.29 is 4.79 Å². The minimum Gasteiger partial charge on any atom is -0.339 e. The molecule has 2 atom stereocenters. The molecule has 1 saturated heterocycles. The standard InChI is InChI=1S/C15H24N2OS/c1-3-5-14-12(2)6-4-9-17(14)15(18)8-7-13-10-19-11-16-13/h10-12,14H,3-9H2,1-2H3/t12-,14+/m0/s1. The molecule has 2 rings (SSSR count). The SMILES string of the molecule is CCC[C@@H]1[C@@H](C)CCCN1C(=O)CCc1cscn1. The van der Waals surface area contributed by atoms with Crippen molar-refractivity contribution in [2.24, 2.45) is 5.92 Å². The van der Waals surface area contributed by atoms with Crippen LogP contribution in [0.4, 0.5) is 0 Å². The van der Waals surface area contributed by atoms with E-state index in [0.717, 1.165) is 37.9 Å². The topological polar surface area (TPSA) is 33.2 Å².